The molecule has 0 fully saturated rings. The van der Waals surface area contributed by atoms with Crippen LogP contribution in [0.5, 0.6) is 0 Å². The first-order chi connectivity index (χ1) is 2.94. The summed E-state index contributed by atoms with van der Waals surface area (Å²) in [6, 6.07) is 0. The molecule has 0 unspecified atom stereocenters. The molecule has 3 nitrogen and oxygen atoms in total. The van der Waals surface area contributed by atoms with E-state index in [4.69, 9.17) is 9.79 Å². The van der Waals surface area contributed by atoms with Crippen LogP contribution >= 0.6 is 7.14 Å². The van der Waals surface area contributed by atoms with E-state index in [0.29, 0.717) is 0 Å². The van der Waals surface area contributed by atoms with Crippen LogP contribution in [0.1, 0.15) is 0 Å². The lowest BCUT2D eigenvalue weighted by molar-refractivity contribution is 0.393. The summed E-state index contributed by atoms with van der Waals surface area (Å²) in [6.07, 6.45) is 0. The summed E-state index contributed by atoms with van der Waals surface area (Å²) in [4.78, 5) is 16.5. The van der Waals surface area contributed by atoms with Crippen LogP contribution in [-0.4, -0.2) is 18.3 Å². The fourth-order valence-corrected chi connectivity index (χ4v) is 0. The highest BCUT2D eigenvalue weighted by molar-refractivity contribution is 7.86. The van der Waals surface area contributed by atoms with Gasteiger partial charge in [-0.15, -0.1) is 0 Å². The molecule has 0 aromatic carbocycles. The average molecular weight is 140 g/mol. The highest BCUT2D eigenvalue weighted by Gasteiger charge is 2.18. The molecule has 0 aliphatic heterocycles. The molecule has 7 heavy (non-hydrogen) atoms. The van der Waals surface area contributed by atoms with Crippen LogP contribution in [0.25, 0.3) is 0 Å². The van der Waals surface area contributed by atoms with Crippen molar-refractivity contribution in [1.29, 1.82) is 0 Å². The van der Waals surface area contributed by atoms with Crippen LogP contribution in [0.2, 0.25) is 13.1 Å². The summed E-state index contributed by atoms with van der Waals surface area (Å²) < 4.78 is 10.1. The first kappa shape index (κ1) is 7.37. The minimum Gasteiger partial charge on any atom is -0.329 e. The first-order valence-electron chi connectivity index (χ1n) is 2.00. The number of hydrogen-bond donors (Lipinski definition) is 2. The van der Waals surface area contributed by atoms with Gasteiger partial charge in [-0.25, -0.2) is 0 Å². The van der Waals surface area contributed by atoms with Gasteiger partial charge in [-0.2, -0.15) is 0 Å². The SMILES string of the molecule is C[SiH](C)P(=O)(O)O. The van der Waals surface area contributed by atoms with Crippen molar-refractivity contribution in [3.8, 4) is 0 Å². The maximum absolute atomic E-state index is 10.1. The molecule has 0 rings (SSSR count). The van der Waals surface area contributed by atoms with E-state index in [0.717, 1.165) is 0 Å². The average Bonchev–Trinajstić information content (AvgIpc) is 1.31. The van der Waals surface area contributed by atoms with Crippen molar-refractivity contribution < 1.29 is 14.4 Å². The zero-order valence-corrected chi connectivity index (χ0v) is 6.38. The second-order valence-electron chi connectivity index (χ2n) is 1.68. The molecule has 0 aliphatic rings. The van der Waals surface area contributed by atoms with Crippen LogP contribution in [0.4, 0.5) is 0 Å². The van der Waals surface area contributed by atoms with E-state index in [1.165, 1.54) is 0 Å². The lowest BCUT2D eigenvalue weighted by atomic mass is 11.9. The van der Waals surface area contributed by atoms with E-state index in [9.17, 15) is 4.57 Å². The zero-order chi connectivity index (χ0) is 6.08. The largest absolute Gasteiger partial charge is 0.329 e. The Morgan fingerprint density at radius 3 is 1.57 bits per heavy atom. The minimum absolute atomic E-state index is 1.63. The zero-order valence-electron chi connectivity index (χ0n) is 4.33. The molecule has 0 amide bonds. The van der Waals surface area contributed by atoms with Gasteiger partial charge >= 0.3 is 0 Å². The number of rotatable bonds is 1. The van der Waals surface area contributed by atoms with Crippen molar-refractivity contribution >= 4 is 15.6 Å². The third-order valence-electron chi connectivity index (χ3n) is 0.673. The molecule has 0 aliphatic carbocycles. The molecule has 2 N–H and O–H groups in total. The summed E-state index contributed by atoms with van der Waals surface area (Å²) in [5, 5.41) is 0. The van der Waals surface area contributed by atoms with E-state index in [1.807, 2.05) is 0 Å². The molecule has 0 spiro atoms. The predicted octanol–water partition coefficient (Wildman–Crippen LogP) is 0.147. The maximum atomic E-state index is 10.1. The Bertz CT molecular complexity index is 95.1. The van der Waals surface area contributed by atoms with E-state index < -0.39 is 15.6 Å². The van der Waals surface area contributed by atoms with Crippen molar-refractivity contribution in [1.82, 2.24) is 0 Å². The molecule has 5 heteroatoms. The summed E-state index contributed by atoms with van der Waals surface area (Å²) >= 11 is 0. The van der Waals surface area contributed by atoms with Crippen LogP contribution in [-0.2, 0) is 4.57 Å². The minimum atomic E-state index is -3.60. The Kier molecular flexibility index (Phi) is 2.20. The van der Waals surface area contributed by atoms with Crippen molar-refractivity contribution in [3.63, 3.8) is 0 Å². The van der Waals surface area contributed by atoms with Crippen molar-refractivity contribution in [3.05, 3.63) is 0 Å². The smallest absolute Gasteiger partial charge is 0.288 e. The quantitative estimate of drug-likeness (QED) is 0.402. The molecule has 0 bridgehead atoms. The number of hydrogen-bond acceptors (Lipinski definition) is 1. The van der Waals surface area contributed by atoms with Crippen LogP contribution in [0, 0.1) is 0 Å². The fraction of sp³-hybridized carbons (Fsp3) is 1.00. The first-order valence-corrected chi connectivity index (χ1v) is 7.54. The molecule has 0 heterocycles. The maximum Gasteiger partial charge on any atom is 0.288 e. The van der Waals surface area contributed by atoms with Gasteiger partial charge in [0, 0.05) is 0 Å². The van der Waals surface area contributed by atoms with E-state index in [1.54, 1.807) is 13.1 Å². The van der Waals surface area contributed by atoms with Gasteiger partial charge in [0.15, 0.2) is 8.46 Å². The van der Waals surface area contributed by atoms with Crippen molar-refractivity contribution in [2.75, 3.05) is 0 Å². The molecule has 44 valence electrons. The van der Waals surface area contributed by atoms with E-state index >= 15 is 0 Å². The normalized spacial score (nSPS) is 12.7. The topological polar surface area (TPSA) is 57.5 Å². The Labute approximate surface area is 44.0 Å². The monoisotopic (exact) mass is 140 g/mol. The Hall–Kier alpha value is 0.367. The van der Waals surface area contributed by atoms with E-state index in [2.05, 4.69) is 0 Å². The Morgan fingerprint density at radius 1 is 1.43 bits per heavy atom. The van der Waals surface area contributed by atoms with Gasteiger partial charge in [-0.05, 0) is 0 Å². The van der Waals surface area contributed by atoms with Gasteiger partial charge in [0.1, 0.15) is 0 Å². The highest BCUT2D eigenvalue weighted by Crippen LogP contribution is 2.37. The molecule has 0 saturated heterocycles. The van der Waals surface area contributed by atoms with Gasteiger partial charge < -0.3 is 9.79 Å². The third-order valence-corrected chi connectivity index (χ3v) is 6.05. The predicted molar refractivity (Wildman–Crippen MR) is 30.9 cm³/mol. The highest BCUT2D eigenvalue weighted by atomic mass is 31.4. The molecule has 0 saturated carbocycles. The Balaban J connectivity index is 3.80. The summed E-state index contributed by atoms with van der Waals surface area (Å²) in [7, 11) is -5.29. The summed E-state index contributed by atoms with van der Waals surface area (Å²) in [6.45, 7) is 3.25. The lowest BCUT2D eigenvalue weighted by Crippen LogP contribution is -1.99. The molecule has 0 aromatic heterocycles. The second kappa shape index (κ2) is 2.09. The van der Waals surface area contributed by atoms with Crippen LogP contribution in [0.15, 0.2) is 0 Å². The standard InChI is InChI=1S/C2H9O3PSi/c1-7(2)6(3,4)5/h7H,1-2H3,(H2,3,4,5). The second-order valence-corrected chi connectivity index (χ2v) is 10.2. The van der Waals surface area contributed by atoms with Crippen molar-refractivity contribution in [2.45, 2.75) is 13.1 Å². The third kappa shape index (κ3) is 3.00. The van der Waals surface area contributed by atoms with Crippen LogP contribution in [0.3, 0.4) is 0 Å². The summed E-state index contributed by atoms with van der Waals surface area (Å²) in [5.41, 5.74) is 0. The van der Waals surface area contributed by atoms with Gasteiger partial charge in [-0.3, -0.25) is 4.57 Å². The fourth-order valence-electron chi connectivity index (χ4n) is 0. The molecule has 0 atom stereocenters. The van der Waals surface area contributed by atoms with Gasteiger partial charge in [0.05, 0.1) is 0 Å². The lowest BCUT2D eigenvalue weighted by Gasteiger charge is -2.02. The van der Waals surface area contributed by atoms with Crippen LogP contribution < -0.4 is 0 Å². The summed E-state index contributed by atoms with van der Waals surface area (Å²) in [5.74, 6) is 0. The van der Waals surface area contributed by atoms with Crippen molar-refractivity contribution in [2.24, 2.45) is 0 Å². The van der Waals surface area contributed by atoms with Gasteiger partial charge in [0.25, 0.3) is 7.14 Å². The van der Waals surface area contributed by atoms with Gasteiger partial charge in [-0.1, -0.05) is 13.1 Å². The molecular weight excluding hydrogens is 131 g/mol. The Morgan fingerprint density at radius 2 is 1.57 bits per heavy atom. The van der Waals surface area contributed by atoms with Gasteiger partial charge in [0.2, 0.25) is 0 Å². The molecule has 0 aromatic rings. The molecule has 0 radical (unpaired) electrons. The van der Waals surface area contributed by atoms with E-state index in [-0.39, 0.29) is 0 Å². The molecular formula is C2H9O3PSi.